The smallest absolute Gasteiger partial charge is 0.349 e. The molecule has 0 radical (unpaired) electrons. The van der Waals surface area contributed by atoms with Crippen LogP contribution in [0.3, 0.4) is 0 Å². The lowest BCUT2D eigenvalue weighted by Gasteiger charge is -2.25. The fourth-order valence-electron chi connectivity index (χ4n) is 2.57. The Balaban J connectivity index is 1.53. The zero-order chi connectivity index (χ0) is 19.1. The molecule has 2 aromatic rings. The van der Waals surface area contributed by atoms with Crippen molar-refractivity contribution in [2.75, 3.05) is 39.5 Å². The van der Waals surface area contributed by atoms with Crippen molar-refractivity contribution < 1.29 is 27.4 Å². The van der Waals surface area contributed by atoms with Crippen LogP contribution in [-0.2, 0) is 19.5 Å². The van der Waals surface area contributed by atoms with E-state index in [1.54, 1.807) is 5.38 Å². The molecule has 1 aromatic carbocycles. The number of carbonyl (C=O) groups excluding carboxylic acids is 1. The van der Waals surface area contributed by atoms with E-state index in [1.165, 1.54) is 10.4 Å². The number of nitrogens with zero attached hydrogens (tertiary/aromatic N) is 1. The van der Waals surface area contributed by atoms with Crippen molar-refractivity contribution in [2.24, 2.45) is 0 Å². The van der Waals surface area contributed by atoms with Crippen molar-refractivity contribution in [1.29, 1.82) is 0 Å². The van der Waals surface area contributed by atoms with Gasteiger partial charge in [0.05, 0.1) is 26.4 Å². The third kappa shape index (κ3) is 5.07. The Kier molecular flexibility index (Phi) is 6.84. The Bertz CT molecular complexity index is 844. The quantitative estimate of drug-likeness (QED) is 0.490. The molecule has 0 spiro atoms. The van der Waals surface area contributed by atoms with Gasteiger partial charge >= 0.3 is 5.97 Å². The SMILES string of the molecule is O=C(OCCCOc1ccccc1)c1sccc1S(=O)(=O)N1CCOCC1. The molecule has 0 atom stereocenters. The van der Waals surface area contributed by atoms with Crippen molar-refractivity contribution in [3.8, 4) is 5.75 Å². The van der Waals surface area contributed by atoms with Crippen LogP contribution in [0.2, 0.25) is 0 Å². The molecule has 3 rings (SSSR count). The summed E-state index contributed by atoms with van der Waals surface area (Å²) in [5.41, 5.74) is 0. The monoisotopic (exact) mass is 411 g/mol. The maximum Gasteiger partial charge on any atom is 0.349 e. The van der Waals surface area contributed by atoms with Crippen molar-refractivity contribution in [1.82, 2.24) is 4.31 Å². The van der Waals surface area contributed by atoms with Gasteiger partial charge in [-0.3, -0.25) is 0 Å². The molecule has 0 bridgehead atoms. The molecule has 0 aliphatic carbocycles. The number of rotatable bonds is 8. The number of sulfonamides is 1. The van der Waals surface area contributed by atoms with E-state index >= 15 is 0 Å². The highest BCUT2D eigenvalue weighted by atomic mass is 32.2. The van der Waals surface area contributed by atoms with Gasteiger partial charge in [-0.15, -0.1) is 11.3 Å². The van der Waals surface area contributed by atoms with E-state index in [1.807, 2.05) is 30.3 Å². The summed E-state index contributed by atoms with van der Waals surface area (Å²) in [7, 11) is -3.73. The summed E-state index contributed by atoms with van der Waals surface area (Å²) in [6.45, 7) is 1.82. The molecule has 7 nitrogen and oxygen atoms in total. The van der Waals surface area contributed by atoms with Gasteiger partial charge in [0.15, 0.2) is 0 Å². The molecule has 9 heteroatoms. The lowest BCUT2D eigenvalue weighted by molar-refractivity contribution is 0.0487. The topological polar surface area (TPSA) is 82.1 Å². The van der Waals surface area contributed by atoms with E-state index in [4.69, 9.17) is 14.2 Å². The van der Waals surface area contributed by atoms with Gasteiger partial charge in [-0.2, -0.15) is 4.31 Å². The van der Waals surface area contributed by atoms with E-state index in [0.717, 1.165) is 17.1 Å². The molecule has 1 fully saturated rings. The van der Waals surface area contributed by atoms with Crippen LogP contribution in [-0.4, -0.2) is 58.2 Å². The highest BCUT2D eigenvalue weighted by Crippen LogP contribution is 2.26. The van der Waals surface area contributed by atoms with Gasteiger partial charge in [0.2, 0.25) is 10.0 Å². The summed E-state index contributed by atoms with van der Waals surface area (Å²) in [5, 5.41) is 1.59. The molecule has 27 heavy (non-hydrogen) atoms. The highest BCUT2D eigenvalue weighted by molar-refractivity contribution is 7.89. The third-order valence-corrected chi connectivity index (χ3v) is 6.90. The summed E-state index contributed by atoms with van der Waals surface area (Å²) < 4.78 is 42.8. The minimum absolute atomic E-state index is 0.0000597. The van der Waals surface area contributed by atoms with E-state index in [-0.39, 0.29) is 29.5 Å². The Labute approximate surface area is 162 Å². The lowest BCUT2D eigenvalue weighted by Crippen LogP contribution is -2.40. The Morgan fingerprint density at radius 2 is 1.85 bits per heavy atom. The van der Waals surface area contributed by atoms with Crippen LogP contribution in [0, 0.1) is 0 Å². The normalized spacial score (nSPS) is 15.4. The largest absolute Gasteiger partial charge is 0.493 e. The first-order valence-electron chi connectivity index (χ1n) is 8.59. The van der Waals surface area contributed by atoms with E-state index in [2.05, 4.69) is 0 Å². The predicted octanol–water partition coefficient (Wildman–Crippen LogP) is 2.39. The first-order chi connectivity index (χ1) is 13.1. The molecule has 2 heterocycles. The molecule has 0 saturated carbocycles. The van der Waals surface area contributed by atoms with E-state index in [9.17, 15) is 13.2 Å². The van der Waals surface area contributed by atoms with Gasteiger partial charge in [-0.25, -0.2) is 13.2 Å². The predicted molar refractivity (Wildman–Crippen MR) is 101 cm³/mol. The fraction of sp³-hybridized carbons (Fsp3) is 0.389. The Morgan fingerprint density at radius 1 is 1.11 bits per heavy atom. The van der Waals surface area contributed by atoms with Gasteiger partial charge in [0, 0.05) is 19.5 Å². The molecule has 1 aliphatic rings. The summed E-state index contributed by atoms with van der Waals surface area (Å²) in [5.74, 6) is 0.123. The van der Waals surface area contributed by atoms with Crippen LogP contribution in [0.5, 0.6) is 5.75 Å². The van der Waals surface area contributed by atoms with Crippen LogP contribution < -0.4 is 4.74 Å². The van der Waals surface area contributed by atoms with Crippen molar-refractivity contribution in [2.45, 2.75) is 11.3 Å². The van der Waals surface area contributed by atoms with Crippen LogP contribution in [0.25, 0.3) is 0 Å². The standard InChI is InChI=1S/C18H21NO6S2/c20-18(25-11-4-10-24-15-5-2-1-3-6-15)17-16(7-14-26-17)27(21,22)19-8-12-23-13-9-19/h1-3,5-7,14H,4,8-13H2. The number of ether oxygens (including phenoxy) is 3. The number of para-hydroxylation sites is 1. The molecule has 1 saturated heterocycles. The summed E-state index contributed by atoms with van der Waals surface area (Å²) in [6, 6.07) is 10.8. The average Bonchev–Trinajstić information content (AvgIpc) is 3.20. The molecule has 1 aromatic heterocycles. The second kappa shape index (κ2) is 9.32. The number of thiophene rings is 1. The molecular formula is C18H21NO6S2. The molecule has 0 N–H and O–H groups in total. The Hall–Kier alpha value is -1.94. The fourth-order valence-corrected chi connectivity index (χ4v) is 5.26. The van der Waals surface area contributed by atoms with Gasteiger partial charge in [-0.05, 0) is 23.6 Å². The summed E-state index contributed by atoms with van der Waals surface area (Å²) >= 11 is 1.07. The molecular weight excluding hydrogens is 390 g/mol. The number of hydrogen-bond acceptors (Lipinski definition) is 7. The molecule has 0 amide bonds. The number of hydrogen-bond donors (Lipinski definition) is 0. The van der Waals surface area contributed by atoms with Gasteiger partial charge in [0.1, 0.15) is 15.5 Å². The number of carbonyl (C=O) groups is 1. The van der Waals surface area contributed by atoms with Gasteiger partial charge < -0.3 is 14.2 Å². The van der Waals surface area contributed by atoms with Crippen molar-refractivity contribution >= 4 is 27.3 Å². The summed E-state index contributed by atoms with van der Waals surface area (Å²) in [4.78, 5) is 12.4. The zero-order valence-corrected chi connectivity index (χ0v) is 16.3. The molecule has 1 aliphatic heterocycles. The molecule has 0 unspecified atom stereocenters. The first kappa shape index (κ1) is 19.8. The van der Waals surface area contributed by atoms with E-state index in [0.29, 0.717) is 26.2 Å². The summed E-state index contributed by atoms with van der Waals surface area (Å²) in [6.07, 6.45) is 0.511. The number of esters is 1. The van der Waals surface area contributed by atoms with Crippen molar-refractivity contribution in [3.05, 3.63) is 46.7 Å². The van der Waals surface area contributed by atoms with Crippen LogP contribution in [0.4, 0.5) is 0 Å². The minimum Gasteiger partial charge on any atom is -0.493 e. The van der Waals surface area contributed by atoms with Gasteiger partial charge in [-0.1, -0.05) is 18.2 Å². The second-order valence-electron chi connectivity index (χ2n) is 5.78. The van der Waals surface area contributed by atoms with Crippen LogP contribution >= 0.6 is 11.3 Å². The van der Waals surface area contributed by atoms with Crippen molar-refractivity contribution in [3.63, 3.8) is 0 Å². The lowest BCUT2D eigenvalue weighted by atomic mass is 10.3. The van der Waals surface area contributed by atoms with E-state index < -0.39 is 16.0 Å². The maximum absolute atomic E-state index is 12.8. The number of morpholine rings is 1. The molecule has 146 valence electrons. The van der Waals surface area contributed by atoms with Crippen LogP contribution in [0.1, 0.15) is 16.1 Å². The third-order valence-electron chi connectivity index (χ3n) is 3.94. The Morgan fingerprint density at radius 3 is 2.59 bits per heavy atom. The number of benzene rings is 1. The van der Waals surface area contributed by atoms with Gasteiger partial charge in [0.25, 0.3) is 0 Å². The highest BCUT2D eigenvalue weighted by Gasteiger charge is 2.31. The first-order valence-corrected chi connectivity index (χ1v) is 10.9. The minimum atomic E-state index is -3.73. The van der Waals surface area contributed by atoms with Crippen LogP contribution in [0.15, 0.2) is 46.7 Å². The maximum atomic E-state index is 12.8. The second-order valence-corrected chi connectivity index (χ2v) is 8.60. The average molecular weight is 412 g/mol. The zero-order valence-electron chi connectivity index (χ0n) is 14.7.